The summed E-state index contributed by atoms with van der Waals surface area (Å²) in [6, 6.07) is 13.2. The minimum atomic E-state index is 0.294. The fourth-order valence-corrected chi connectivity index (χ4v) is 3.24. The number of nitrogens with one attached hydrogen (secondary N) is 1. The Kier molecular flexibility index (Phi) is 5.43. The van der Waals surface area contributed by atoms with E-state index in [2.05, 4.69) is 71.5 Å². The Morgan fingerprint density at radius 1 is 1.14 bits per heavy atom. The minimum Gasteiger partial charge on any atom is -0.496 e. The lowest BCUT2D eigenvalue weighted by Gasteiger charge is -2.20. The van der Waals surface area contributed by atoms with Gasteiger partial charge in [-0.05, 0) is 61.7 Å². The zero-order valence-electron chi connectivity index (χ0n) is 13.0. The van der Waals surface area contributed by atoms with E-state index in [-0.39, 0.29) is 0 Å². The summed E-state index contributed by atoms with van der Waals surface area (Å²) < 4.78 is 6.57. The quantitative estimate of drug-likeness (QED) is 0.854. The number of likely N-dealkylation sites (N-methyl/N-ethyl adjacent to an activating group) is 1. The van der Waals surface area contributed by atoms with E-state index in [1.54, 1.807) is 7.11 Å². The maximum absolute atomic E-state index is 5.45. The number of halogens is 1. The highest BCUT2D eigenvalue weighted by Gasteiger charge is 2.14. The molecule has 2 aromatic rings. The Hall–Kier alpha value is -1.32. The zero-order valence-corrected chi connectivity index (χ0v) is 14.6. The summed E-state index contributed by atoms with van der Waals surface area (Å²) in [5, 5.41) is 3.42. The van der Waals surface area contributed by atoms with Gasteiger partial charge in [-0.2, -0.15) is 0 Å². The van der Waals surface area contributed by atoms with Crippen molar-refractivity contribution in [3.63, 3.8) is 0 Å². The zero-order chi connectivity index (χ0) is 15.4. The number of hydrogen-bond donors (Lipinski definition) is 1. The molecule has 0 aliphatic heterocycles. The molecule has 0 saturated heterocycles. The van der Waals surface area contributed by atoms with E-state index in [0.717, 1.165) is 16.6 Å². The van der Waals surface area contributed by atoms with Gasteiger partial charge in [-0.25, -0.2) is 0 Å². The molecule has 0 fully saturated rings. The fourth-order valence-electron chi connectivity index (χ4n) is 2.79. The van der Waals surface area contributed by atoms with Crippen LogP contribution in [0.2, 0.25) is 0 Å². The van der Waals surface area contributed by atoms with Crippen LogP contribution in [0.1, 0.15) is 28.3 Å². The van der Waals surface area contributed by atoms with Crippen LogP contribution < -0.4 is 10.1 Å². The lowest BCUT2D eigenvalue weighted by Crippen LogP contribution is -2.19. The first kappa shape index (κ1) is 16.1. The van der Waals surface area contributed by atoms with E-state index in [0.29, 0.717) is 6.04 Å². The third-order valence-corrected chi connectivity index (χ3v) is 4.26. The van der Waals surface area contributed by atoms with Crippen molar-refractivity contribution in [2.45, 2.75) is 26.3 Å². The summed E-state index contributed by atoms with van der Waals surface area (Å²) in [7, 11) is 3.74. The predicted octanol–water partition coefficient (Wildman–Crippen LogP) is 4.58. The molecule has 0 heterocycles. The Bertz CT molecular complexity index is 601. The van der Waals surface area contributed by atoms with Gasteiger partial charge in [-0.15, -0.1) is 0 Å². The number of methoxy groups -OCH3 is 1. The van der Waals surface area contributed by atoms with Crippen molar-refractivity contribution in [2.24, 2.45) is 0 Å². The van der Waals surface area contributed by atoms with Gasteiger partial charge in [-0.3, -0.25) is 0 Å². The van der Waals surface area contributed by atoms with Gasteiger partial charge in [0.25, 0.3) is 0 Å². The molecule has 3 heteroatoms. The molecule has 21 heavy (non-hydrogen) atoms. The maximum Gasteiger partial charge on any atom is 0.124 e. The Morgan fingerprint density at radius 2 is 1.81 bits per heavy atom. The van der Waals surface area contributed by atoms with Crippen molar-refractivity contribution in [1.29, 1.82) is 0 Å². The van der Waals surface area contributed by atoms with E-state index in [4.69, 9.17) is 4.74 Å². The first-order valence-electron chi connectivity index (χ1n) is 7.12. The fraction of sp³-hybridized carbons (Fsp3) is 0.333. The van der Waals surface area contributed by atoms with Crippen LogP contribution in [0.5, 0.6) is 5.75 Å². The van der Waals surface area contributed by atoms with Crippen LogP contribution in [0.25, 0.3) is 0 Å². The van der Waals surface area contributed by atoms with E-state index in [1.165, 1.54) is 22.3 Å². The smallest absolute Gasteiger partial charge is 0.124 e. The highest BCUT2D eigenvalue weighted by Crippen LogP contribution is 2.28. The summed E-state index contributed by atoms with van der Waals surface area (Å²) in [5.74, 6) is 0.982. The van der Waals surface area contributed by atoms with Gasteiger partial charge in [0.15, 0.2) is 0 Å². The molecule has 2 rings (SSSR count). The molecular weight excluding hydrogens is 326 g/mol. The van der Waals surface area contributed by atoms with Crippen LogP contribution in [0.3, 0.4) is 0 Å². The average Bonchev–Trinajstić information content (AvgIpc) is 2.44. The van der Waals surface area contributed by atoms with Crippen LogP contribution in [0, 0.1) is 13.8 Å². The third kappa shape index (κ3) is 3.86. The van der Waals surface area contributed by atoms with Crippen LogP contribution in [-0.4, -0.2) is 14.2 Å². The van der Waals surface area contributed by atoms with E-state index >= 15 is 0 Å². The topological polar surface area (TPSA) is 21.3 Å². The van der Waals surface area contributed by atoms with E-state index in [1.807, 2.05) is 7.05 Å². The van der Waals surface area contributed by atoms with Crippen molar-refractivity contribution >= 4 is 15.9 Å². The Morgan fingerprint density at radius 3 is 2.33 bits per heavy atom. The van der Waals surface area contributed by atoms with Gasteiger partial charge in [0.1, 0.15) is 5.75 Å². The number of hydrogen-bond acceptors (Lipinski definition) is 2. The Labute approximate surface area is 135 Å². The van der Waals surface area contributed by atoms with Gasteiger partial charge < -0.3 is 10.1 Å². The number of aryl methyl sites for hydroxylation is 2. The first-order chi connectivity index (χ1) is 10.0. The minimum absolute atomic E-state index is 0.294. The van der Waals surface area contributed by atoms with Crippen LogP contribution >= 0.6 is 15.9 Å². The molecule has 1 N–H and O–H groups in total. The van der Waals surface area contributed by atoms with Crippen molar-refractivity contribution in [1.82, 2.24) is 5.32 Å². The number of rotatable bonds is 5. The molecule has 0 amide bonds. The number of ether oxygens (including phenoxy) is 1. The van der Waals surface area contributed by atoms with E-state index in [9.17, 15) is 0 Å². The van der Waals surface area contributed by atoms with Gasteiger partial charge >= 0.3 is 0 Å². The molecule has 0 saturated carbocycles. The van der Waals surface area contributed by atoms with Crippen molar-refractivity contribution < 1.29 is 4.74 Å². The van der Waals surface area contributed by atoms with E-state index < -0.39 is 0 Å². The number of benzene rings is 2. The molecule has 1 unspecified atom stereocenters. The molecule has 0 bridgehead atoms. The SMILES string of the molecule is CNC(Cc1cccc(Br)c1)c1cc(C)c(OC)c(C)c1. The molecule has 0 spiro atoms. The average molecular weight is 348 g/mol. The molecule has 0 aliphatic rings. The molecule has 1 atom stereocenters. The molecule has 2 nitrogen and oxygen atoms in total. The summed E-state index contributed by atoms with van der Waals surface area (Å²) >= 11 is 3.54. The molecule has 2 aromatic carbocycles. The van der Waals surface area contributed by atoms with Gasteiger partial charge in [0.05, 0.1) is 7.11 Å². The van der Waals surface area contributed by atoms with Gasteiger partial charge in [0, 0.05) is 10.5 Å². The van der Waals surface area contributed by atoms with Gasteiger partial charge in [-0.1, -0.05) is 40.2 Å². The maximum atomic E-state index is 5.45. The van der Waals surface area contributed by atoms with Crippen LogP contribution in [0.15, 0.2) is 40.9 Å². The monoisotopic (exact) mass is 347 g/mol. The van der Waals surface area contributed by atoms with Crippen molar-refractivity contribution in [3.05, 3.63) is 63.1 Å². The normalized spacial score (nSPS) is 12.2. The Balaban J connectivity index is 2.29. The lowest BCUT2D eigenvalue weighted by atomic mass is 9.95. The summed E-state index contributed by atoms with van der Waals surface area (Å²) in [5.41, 5.74) is 4.98. The molecule has 112 valence electrons. The van der Waals surface area contributed by atoms with Crippen molar-refractivity contribution in [3.8, 4) is 5.75 Å². The van der Waals surface area contributed by atoms with Crippen LogP contribution in [0.4, 0.5) is 0 Å². The second-order valence-corrected chi connectivity index (χ2v) is 6.28. The second-order valence-electron chi connectivity index (χ2n) is 5.36. The highest BCUT2D eigenvalue weighted by molar-refractivity contribution is 9.10. The predicted molar refractivity (Wildman–Crippen MR) is 92.1 cm³/mol. The first-order valence-corrected chi connectivity index (χ1v) is 7.91. The molecular formula is C18H22BrNO. The summed E-state index contributed by atoms with van der Waals surface area (Å²) in [6.07, 6.45) is 0.959. The van der Waals surface area contributed by atoms with Crippen molar-refractivity contribution in [2.75, 3.05) is 14.2 Å². The highest BCUT2D eigenvalue weighted by atomic mass is 79.9. The largest absolute Gasteiger partial charge is 0.496 e. The summed E-state index contributed by atoms with van der Waals surface area (Å²) in [4.78, 5) is 0. The lowest BCUT2D eigenvalue weighted by molar-refractivity contribution is 0.408. The second kappa shape index (κ2) is 7.10. The standard InChI is InChI=1S/C18H22BrNO/c1-12-8-15(9-13(2)18(12)21-4)17(20-3)11-14-6-5-7-16(19)10-14/h5-10,17,20H,11H2,1-4H3. The van der Waals surface area contributed by atoms with Crippen LogP contribution in [-0.2, 0) is 6.42 Å². The molecule has 0 aromatic heterocycles. The third-order valence-electron chi connectivity index (χ3n) is 3.77. The summed E-state index contributed by atoms with van der Waals surface area (Å²) in [6.45, 7) is 4.20. The molecule has 0 radical (unpaired) electrons. The molecule has 0 aliphatic carbocycles. The van der Waals surface area contributed by atoms with Gasteiger partial charge in [0.2, 0.25) is 0 Å².